The largest absolute Gasteiger partial charge is 0.506 e. The molecule has 0 unspecified atom stereocenters. The van der Waals surface area contributed by atoms with Crippen LogP contribution in [0.25, 0.3) is 28.3 Å². The van der Waals surface area contributed by atoms with Gasteiger partial charge >= 0.3 is 0 Å². The van der Waals surface area contributed by atoms with E-state index in [4.69, 9.17) is 4.42 Å². The number of phenols is 1. The van der Waals surface area contributed by atoms with E-state index in [-0.39, 0.29) is 5.75 Å². The zero-order valence-electron chi connectivity index (χ0n) is 11.1. The Labute approximate surface area is 120 Å². The summed E-state index contributed by atoms with van der Waals surface area (Å²) in [5.74, 6) is 1.53. The van der Waals surface area contributed by atoms with Gasteiger partial charge in [-0.25, -0.2) is 4.98 Å². The van der Waals surface area contributed by atoms with E-state index < -0.39 is 0 Å². The number of hydrogen-bond acceptors (Lipinski definition) is 3. The van der Waals surface area contributed by atoms with Gasteiger partial charge in [0.2, 0.25) is 0 Å². The fourth-order valence-electron chi connectivity index (χ4n) is 2.51. The number of aromatic hydroxyl groups is 1. The van der Waals surface area contributed by atoms with Crippen molar-refractivity contribution in [1.82, 2.24) is 9.55 Å². The SMILES string of the molecule is Oc1cccc2nc(-c3ccco3)n(-c3ccccc3)c12. The van der Waals surface area contributed by atoms with Crippen molar-refractivity contribution in [2.45, 2.75) is 0 Å². The van der Waals surface area contributed by atoms with E-state index in [1.165, 1.54) is 0 Å². The number of para-hydroxylation sites is 2. The molecule has 0 atom stereocenters. The van der Waals surface area contributed by atoms with Crippen LogP contribution in [0.5, 0.6) is 5.75 Å². The Morgan fingerprint density at radius 1 is 0.905 bits per heavy atom. The lowest BCUT2D eigenvalue weighted by atomic mass is 10.2. The second-order valence-electron chi connectivity index (χ2n) is 4.73. The molecule has 4 aromatic rings. The highest BCUT2D eigenvalue weighted by Crippen LogP contribution is 2.33. The molecular formula is C17H12N2O2. The number of furan rings is 1. The summed E-state index contributed by atoms with van der Waals surface area (Å²) in [7, 11) is 0. The third-order valence-corrected chi connectivity index (χ3v) is 3.41. The second kappa shape index (κ2) is 4.52. The number of rotatable bonds is 2. The maximum absolute atomic E-state index is 10.2. The highest BCUT2D eigenvalue weighted by Gasteiger charge is 2.18. The predicted molar refractivity (Wildman–Crippen MR) is 80.4 cm³/mol. The lowest BCUT2D eigenvalue weighted by Crippen LogP contribution is -1.96. The fraction of sp³-hybridized carbons (Fsp3) is 0. The van der Waals surface area contributed by atoms with Crippen molar-refractivity contribution in [3.63, 3.8) is 0 Å². The minimum Gasteiger partial charge on any atom is -0.506 e. The average Bonchev–Trinajstić information content (AvgIpc) is 3.16. The van der Waals surface area contributed by atoms with Crippen LogP contribution in [0.4, 0.5) is 0 Å². The fourth-order valence-corrected chi connectivity index (χ4v) is 2.51. The van der Waals surface area contributed by atoms with Crippen molar-refractivity contribution in [3.05, 3.63) is 66.9 Å². The van der Waals surface area contributed by atoms with Crippen LogP contribution < -0.4 is 0 Å². The van der Waals surface area contributed by atoms with Crippen molar-refractivity contribution in [2.75, 3.05) is 0 Å². The summed E-state index contributed by atoms with van der Waals surface area (Å²) in [6.07, 6.45) is 1.61. The summed E-state index contributed by atoms with van der Waals surface area (Å²) >= 11 is 0. The van der Waals surface area contributed by atoms with Gasteiger partial charge in [-0.2, -0.15) is 0 Å². The van der Waals surface area contributed by atoms with Gasteiger partial charge in [0.05, 0.1) is 11.8 Å². The molecule has 2 aromatic carbocycles. The van der Waals surface area contributed by atoms with Crippen LogP contribution in [0.15, 0.2) is 71.3 Å². The molecule has 4 rings (SSSR count). The first-order chi connectivity index (χ1) is 10.3. The molecule has 2 aromatic heterocycles. The van der Waals surface area contributed by atoms with E-state index in [0.29, 0.717) is 17.1 Å². The van der Waals surface area contributed by atoms with Gasteiger partial charge < -0.3 is 9.52 Å². The zero-order chi connectivity index (χ0) is 14.2. The Hall–Kier alpha value is -3.01. The number of hydrogen-bond donors (Lipinski definition) is 1. The Bertz CT molecular complexity index is 893. The smallest absolute Gasteiger partial charge is 0.182 e. The summed E-state index contributed by atoms with van der Waals surface area (Å²) in [5.41, 5.74) is 2.33. The summed E-state index contributed by atoms with van der Waals surface area (Å²) in [5, 5.41) is 10.2. The minimum absolute atomic E-state index is 0.196. The summed E-state index contributed by atoms with van der Waals surface area (Å²) < 4.78 is 7.39. The number of nitrogens with zero attached hydrogens (tertiary/aromatic N) is 2. The monoisotopic (exact) mass is 276 g/mol. The van der Waals surface area contributed by atoms with E-state index in [1.807, 2.05) is 53.1 Å². The molecule has 0 spiro atoms. The molecule has 0 amide bonds. The highest BCUT2D eigenvalue weighted by atomic mass is 16.3. The van der Waals surface area contributed by atoms with E-state index in [2.05, 4.69) is 4.98 Å². The second-order valence-corrected chi connectivity index (χ2v) is 4.73. The van der Waals surface area contributed by atoms with Crippen LogP contribution in [0.2, 0.25) is 0 Å². The van der Waals surface area contributed by atoms with E-state index in [9.17, 15) is 5.11 Å². The molecule has 0 aliphatic carbocycles. The van der Waals surface area contributed by atoms with Crippen LogP contribution in [-0.2, 0) is 0 Å². The van der Waals surface area contributed by atoms with Crippen LogP contribution in [0.3, 0.4) is 0 Å². The maximum atomic E-state index is 10.2. The van der Waals surface area contributed by atoms with Crippen molar-refractivity contribution >= 4 is 11.0 Å². The van der Waals surface area contributed by atoms with Crippen molar-refractivity contribution in [1.29, 1.82) is 0 Å². The molecule has 0 aliphatic heterocycles. The molecule has 21 heavy (non-hydrogen) atoms. The molecule has 0 fully saturated rings. The van der Waals surface area contributed by atoms with Gasteiger partial charge in [0.15, 0.2) is 11.6 Å². The summed E-state index contributed by atoms with van der Waals surface area (Å²) in [6.45, 7) is 0. The van der Waals surface area contributed by atoms with Crippen LogP contribution >= 0.6 is 0 Å². The van der Waals surface area contributed by atoms with E-state index in [1.54, 1.807) is 18.4 Å². The number of imidazole rings is 1. The molecule has 0 radical (unpaired) electrons. The zero-order valence-corrected chi connectivity index (χ0v) is 11.1. The summed E-state index contributed by atoms with van der Waals surface area (Å²) in [4.78, 5) is 4.60. The van der Waals surface area contributed by atoms with Crippen molar-refractivity contribution in [2.24, 2.45) is 0 Å². The number of aromatic nitrogens is 2. The number of phenolic OH excluding ortho intramolecular Hbond substituents is 1. The maximum Gasteiger partial charge on any atom is 0.182 e. The van der Waals surface area contributed by atoms with E-state index in [0.717, 1.165) is 11.2 Å². The van der Waals surface area contributed by atoms with Crippen LogP contribution in [0, 0.1) is 0 Å². The Balaban J connectivity index is 2.13. The van der Waals surface area contributed by atoms with Gasteiger partial charge in [0.25, 0.3) is 0 Å². The molecule has 0 saturated carbocycles. The van der Waals surface area contributed by atoms with Gasteiger partial charge in [-0.15, -0.1) is 0 Å². The first-order valence-corrected chi connectivity index (χ1v) is 6.64. The first-order valence-electron chi connectivity index (χ1n) is 6.64. The van der Waals surface area contributed by atoms with Crippen molar-refractivity contribution in [3.8, 4) is 23.0 Å². The van der Waals surface area contributed by atoms with E-state index >= 15 is 0 Å². The van der Waals surface area contributed by atoms with Gasteiger partial charge in [0.1, 0.15) is 11.3 Å². The first kappa shape index (κ1) is 11.8. The lowest BCUT2D eigenvalue weighted by molar-refractivity contribution is 0.479. The molecule has 0 aliphatic rings. The molecule has 4 nitrogen and oxygen atoms in total. The van der Waals surface area contributed by atoms with Crippen LogP contribution in [-0.4, -0.2) is 14.7 Å². The normalized spacial score (nSPS) is 11.0. The predicted octanol–water partition coefficient (Wildman–Crippen LogP) is 3.99. The number of fused-ring (bicyclic) bond motifs is 1. The Kier molecular flexibility index (Phi) is 2.54. The molecule has 1 N–H and O–H groups in total. The number of benzene rings is 2. The lowest BCUT2D eigenvalue weighted by Gasteiger charge is -2.08. The topological polar surface area (TPSA) is 51.2 Å². The van der Waals surface area contributed by atoms with Gasteiger partial charge in [-0.1, -0.05) is 24.3 Å². The quantitative estimate of drug-likeness (QED) is 0.602. The van der Waals surface area contributed by atoms with Crippen LogP contribution in [0.1, 0.15) is 0 Å². The third kappa shape index (κ3) is 1.80. The molecular weight excluding hydrogens is 264 g/mol. The van der Waals surface area contributed by atoms with Gasteiger partial charge in [0, 0.05) is 5.69 Å². The molecule has 102 valence electrons. The van der Waals surface area contributed by atoms with Gasteiger partial charge in [-0.05, 0) is 36.4 Å². The van der Waals surface area contributed by atoms with Gasteiger partial charge in [-0.3, -0.25) is 4.57 Å². The standard InChI is InChI=1S/C17H12N2O2/c20-14-9-4-8-13-16(14)19(12-6-2-1-3-7-12)17(18-13)15-10-5-11-21-15/h1-11,20H. The minimum atomic E-state index is 0.196. The summed E-state index contributed by atoms with van der Waals surface area (Å²) in [6, 6.07) is 18.8. The molecule has 0 saturated heterocycles. The Morgan fingerprint density at radius 2 is 1.76 bits per heavy atom. The average molecular weight is 276 g/mol. The molecule has 2 heterocycles. The highest BCUT2D eigenvalue weighted by molar-refractivity contribution is 5.87. The third-order valence-electron chi connectivity index (χ3n) is 3.41. The Morgan fingerprint density at radius 3 is 2.52 bits per heavy atom. The molecule has 0 bridgehead atoms. The van der Waals surface area contributed by atoms with Crippen molar-refractivity contribution < 1.29 is 9.52 Å². The molecule has 4 heteroatoms.